The van der Waals surface area contributed by atoms with E-state index in [4.69, 9.17) is 28.9 Å². The molecule has 7 heteroatoms. The van der Waals surface area contributed by atoms with E-state index in [1.165, 1.54) is 5.56 Å². The monoisotopic (exact) mass is 544 g/mol. The van der Waals surface area contributed by atoms with Gasteiger partial charge in [0.2, 0.25) is 0 Å². The molecular weight excluding hydrogens is 504 g/mol. The maximum atomic E-state index is 8.89. The molecule has 2 atom stereocenters. The summed E-state index contributed by atoms with van der Waals surface area (Å²) in [6.45, 7) is 4.53. The number of aryl methyl sites for hydroxylation is 1. The quantitative estimate of drug-likeness (QED) is 0.232. The van der Waals surface area contributed by atoms with Crippen molar-refractivity contribution in [2.75, 3.05) is 46.6 Å². The van der Waals surface area contributed by atoms with E-state index in [9.17, 15) is 0 Å². The van der Waals surface area contributed by atoms with Gasteiger partial charge in [-0.2, -0.15) is 5.26 Å². The Bertz CT molecular complexity index is 1190. The van der Waals surface area contributed by atoms with Crippen LogP contribution >= 0.6 is 0 Å². The Kier molecular flexibility index (Phi) is 12.1. The lowest BCUT2D eigenvalue weighted by atomic mass is 9.88. The largest absolute Gasteiger partial charge is 0.496 e. The highest BCUT2D eigenvalue weighted by Crippen LogP contribution is 2.29. The molecule has 0 aromatic heterocycles. The van der Waals surface area contributed by atoms with Gasteiger partial charge in [0.25, 0.3) is 0 Å². The lowest BCUT2D eigenvalue weighted by molar-refractivity contribution is 0.00721. The highest BCUT2D eigenvalue weighted by molar-refractivity contribution is 5.34. The summed E-state index contributed by atoms with van der Waals surface area (Å²) in [5, 5.41) is 12.4. The molecule has 40 heavy (non-hydrogen) atoms. The molecule has 3 aromatic rings. The fraction of sp³-hybridized carbons (Fsp3) is 0.424. The van der Waals surface area contributed by atoms with Crippen molar-refractivity contribution < 1.29 is 23.7 Å². The number of rotatable bonds is 16. The highest BCUT2D eigenvalue weighted by atomic mass is 16.5. The zero-order valence-corrected chi connectivity index (χ0v) is 23.3. The van der Waals surface area contributed by atoms with Crippen LogP contribution in [0, 0.1) is 11.3 Å². The molecule has 1 aliphatic rings. The van der Waals surface area contributed by atoms with Gasteiger partial charge < -0.3 is 29.0 Å². The first-order valence-electron chi connectivity index (χ1n) is 14.1. The zero-order chi connectivity index (χ0) is 27.8. The summed E-state index contributed by atoms with van der Waals surface area (Å²) in [6.07, 6.45) is 3.09. The molecule has 7 nitrogen and oxygen atoms in total. The summed E-state index contributed by atoms with van der Waals surface area (Å²) >= 11 is 0. The Balaban J connectivity index is 1.17. The molecule has 1 N–H and O–H groups in total. The van der Waals surface area contributed by atoms with E-state index < -0.39 is 0 Å². The third-order valence-corrected chi connectivity index (χ3v) is 7.04. The van der Waals surface area contributed by atoms with Crippen molar-refractivity contribution in [1.82, 2.24) is 5.32 Å². The molecule has 0 aliphatic carbocycles. The molecule has 0 radical (unpaired) electrons. The van der Waals surface area contributed by atoms with Crippen molar-refractivity contribution in [2.45, 2.75) is 44.3 Å². The maximum Gasteiger partial charge on any atom is 0.124 e. The number of nitrogens with zero attached hydrogens (tertiary/aromatic N) is 1. The molecule has 1 fully saturated rings. The molecule has 1 heterocycles. The van der Waals surface area contributed by atoms with Crippen LogP contribution in [0.1, 0.15) is 41.9 Å². The second-order valence-corrected chi connectivity index (χ2v) is 9.76. The summed E-state index contributed by atoms with van der Waals surface area (Å²) in [5.41, 5.74) is 3.37. The molecule has 0 unspecified atom stereocenters. The number of ether oxygens (including phenoxy) is 5. The van der Waals surface area contributed by atoms with E-state index in [1.807, 2.05) is 60.7 Å². The Labute approximate surface area is 238 Å². The van der Waals surface area contributed by atoms with Crippen LogP contribution < -0.4 is 19.5 Å². The van der Waals surface area contributed by atoms with Crippen LogP contribution in [0.3, 0.4) is 0 Å². The molecule has 0 amide bonds. The van der Waals surface area contributed by atoms with Gasteiger partial charge in [-0.05, 0) is 54.8 Å². The van der Waals surface area contributed by atoms with Gasteiger partial charge in [-0.3, -0.25) is 0 Å². The van der Waals surface area contributed by atoms with E-state index in [2.05, 4.69) is 23.5 Å². The average molecular weight is 545 g/mol. The smallest absolute Gasteiger partial charge is 0.124 e. The second-order valence-electron chi connectivity index (χ2n) is 9.76. The van der Waals surface area contributed by atoms with Gasteiger partial charge in [0, 0.05) is 30.9 Å². The maximum absolute atomic E-state index is 8.89. The molecule has 1 aliphatic heterocycles. The van der Waals surface area contributed by atoms with Crippen LogP contribution in [0.2, 0.25) is 0 Å². The molecule has 0 bridgehead atoms. The number of hydrogen-bond acceptors (Lipinski definition) is 7. The summed E-state index contributed by atoms with van der Waals surface area (Å²) in [5.74, 6) is 2.87. The first kappa shape index (κ1) is 29.4. The number of benzene rings is 3. The molecule has 4 rings (SSSR count). The first-order chi connectivity index (χ1) is 19.8. The van der Waals surface area contributed by atoms with E-state index in [0.717, 1.165) is 54.3 Å². The number of nitriles is 1. The Hall–Kier alpha value is -3.57. The minimum absolute atomic E-state index is 0.0818. The van der Waals surface area contributed by atoms with E-state index in [1.54, 1.807) is 7.11 Å². The predicted octanol–water partition coefficient (Wildman–Crippen LogP) is 5.68. The van der Waals surface area contributed by atoms with E-state index in [0.29, 0.717) is 51.8 Å². The van der Waals surface area contributed by atoms with Crippen molar-refractivity contribution in [3.05, 3.63) is 89.5 Å². The van der Waals surface area contributed by atoms with Crippen LogP contribution in [0.4, 0.5) is 0 Å². The number of nitrogens with one attached hydrogen (secondary N) is 1. The van der Waals surface area contributed by atoms with Crippen molar-refractivity contribution >= 4 is 0 Å². The molecule has 0 spiro atoms. The molecule has 212 valence electrons. The van der Waals surface area contributed by atoms with E-state index >= 15 is 0 Å². The molecule has 3 aromatic carbocycles. The van der Waals surface area contributed by atoms with Crippen molar-refractivity contribution in [3.63, 3.8) is 0 Å². The number of hydrogen-bond donors (Lipinski definition) is 1. The molecular formula is C33H40N2O5. The topological polar surface area (TPSA) is 82.0 Å². The van der Waals surface area contributed by atoms with Gasteiger partial charge in [0.05, 0.1) is 45.7 Å². The second kappa shape index (κ2) is 16.5. The predicted molar refractivity (Wildman–Crippen MR) is 155 cm³/mol. The lowest BCUT2D eigenvalue weighted by Gasteiger charge is -2.32. The Morgan fingerprint density at radius 2 is 1.62 bits per heavy atom. The minimum atomic E-state index is 0.0818. The SMILES string of the molecule is COc1ccccc1COCCCOc1ccc([C@H]2CCNC[C@@H]2OCCOc2ccccc2CCC#N)cc1. The van der Waals surface area contributed by atoms with Crippen LogP contribution in [-0.4, -0.2) is 52.7 Å². The number of para-hydroxylation sites is 2. The Morgan fingerprint density at radius 3 is 2.42 bits per heavy atom. The molecule has 1 saturated heterocycles. The third kappa shape index (κ3) is 8.99. The van der Waals surface area contributed by atoms with Crippen molar-refractivity contribution in [3.8, 4) is 23.3 Å². The summed E-state index contributed by atoms with van der Waals surface area (Å²) < 4.78 is 29.4. The highest BCUT2D eigenvalue weighted by Gasteiger charge is 2.27. The van der Waals surface area contributed by atoms with Crippen LogP contribution in [0.25, 0.3) is 0 Å². The van der Waals surface area contributed by atoms with Gasteiger partial charge in [-0.1, -0.05) is 48.5 Å². The van der Waals surface area contributed by atoms with Crippen LogP contribution in [0.5, 0.6) is 17.2 Å². The lowest BCUT2D eigenvalue weighted by Crippen LogP contribution is -2.41. The van der Waals surface area contributed by atoms with Gasteiger partial charge >= 0.3 is 0 Å². The van der Waals surface area contributed by atoms with Crippen LogP contribution in [-0.2, 0) is 22.5 Å². The normalized spacial score (nSPS) is 16.7. The first-order valence-corrected chi connectivity index (χ1v) is 14.1. The summed E-state index contributed by atoms with van der Waals surface area (Å²) in [4.78, 5) is 0. The van der Waals surface area contributed by atoms with Crippen molar-refractivity contribution in [2.24, 2.45) is 0 Å². The summed E-state index contributed by atoms with van der Waals surface area (Å²) in [6, 6.07) is 26.4. The molecule has 0 saturated carbocycles. The summed E-state index contributed by atoms with van der Waals surface area (Å²) in [7, 11) is 1.67. The zero-order valence-electron chi connectivity index (χ0n) is 23.3. The van der Waals surface area contributed by atoms with Gasteiger partial charge in [-0.15, -0.1) is 0 Å². The van der Waals surface area contributed by atoms with Gasteiger partial charge in [0.15, 0.2) is 0 Å². The fourth-order valence-corrected chi connectivity index (χ4v) is 4.95. The average Bonchev–Trinajstić information content (AvgIpc) is 3.01. The standard InChI is InChI=1S/C33H40N2O5/c1-36-31-11-4-3-9-28(31)25-37-20-7-21-38-29-15-13-26(14-16-29)30-17-19-35-24-33(30)40-23-22-39-32-12-5-2-8-27(32)10-6-18-34/h2-5,8-9,11-16,30,33,35H,6-7,10,17,19-25H2,1H3/t30-,33+/m1/s1. The minimum Gasteiger partial charge on any atom is -0.496 e. The van der Waals surface area contributed by atoms with Crippen LogP contribution in [0.15, 0.2) is 72.8 Å². The third-order valence-electron chi connectivity index (χ3n) is 7.04. The Morgan fingerprint density at radius 1 is 0.850 bits per heavy atom. The van der Waals surface area contributed by atoms with Crippen molar-refractivity contribution in [1.29, 1.82) is 5.26 Å². The van der Waals surface area contributed by atoms with E-state index in [-0.39, 0.29) is 6.10 Å². The van der Waals surface area contributed by atoms with Gasteiger partial charge in [0.1, 0.15) is 23.9 Å². The fourth-order valence-electron chi connectivity index (χ4n) is 4.95. The number of methoxy groups -OCH3 is 1. The number of piperidine rings is 1. The van der Waals surface area contributed by atoms with Gasteiger partial charge in [-0.25, -0.2) is 0 Å².